The van der Waals surface area contributed by atoms with Crippen LogP contribution in [0.4, 0.5) is 4.39 Å². The summed E-state index contributed by atoms with van der Waals surface area (Å²) in [6.07, 6.45) is -5.73. The third-order valence-corrected chi connectivity index (χ3v) is 5.63. The zero-order valence-corrected chi connectivity index (χ0v) is 20.1. The molecule has 1 aliphatic heterocycles. The Hall–Kier alpha value is -3.54. The van der Waals surface area contributed by atoms with Crippen LogP contribution in [-0.4, -0.2) is 40.5 Å². The van der Waals surface area contributed by atoms with Gasteiger partial charge in [0.05, 0.1) is 12.2 Å². The van der Waals surface area contributed by atoms with Gasteiger partial charge in [0.2, 0.25) is 6.29 Å². The highest BCUT2D eigenvalue weighted by Crippen LogP contribution is 2.34. The predicted molar refractivity (Wildman–Crippen MR) is 125 cm³/mol. The Balaban J connectivity index is 1.54. The lowest BCUT2D eigenvalue weighted by Crippen LogP contribution is -2.43. The summed E-state index contributed by atoms with van der Waals surface area (Å²) in [7, 11) is -0.690. The van der Waals surface area contributed by atoms with Crippen LogP contribution in [0.15, 0.2) is 82.5 Å². The van der Waals surface area contributed by atoms with Crippen molar-refractivity contribution >= 4 is 14.7 Å². The third-order valence-electron chi connectivity index (χ3n) is 5.42. The molecule has 2 heterocycles. The van der Waals surface area contributed by atoms with Crippen molar-refractivity contribution < 1.29 is 37.2 Å². The molecule has 0 spiro atoms. The minimum atomic E-state index is -2.07. The molecule has 0 N–H and O–H groups in total. The number of rotatable bonds is 11. The van der Waals surface area contributed by atoms with Gasteiger partial charge in [0.15, 0.2) is 25.3 Å². The highest BCUT2D eigenvalue weighted by atomic mass is 31.1. The van der Waals surface area contributed by atoms with E-state index in [0.717, 1.165) is 27.0 Å². The summed E-state index contributed by atoms with van der Waals surface area (Å²) in [6.45, 7) is -0.824. The molecule has 0 bridgehead atoms. The van der Waals surface area contributed by atoms with Crippen LogP contribution >= 0.6 is 8.69 Å². The summed E-state index contributed by atoms with van der Waals surface area (Å²) in [5.74, 6) is -0.847. The van der Waals surface area contributed by atoms with Gasteiger partial charge in [-0.1, -0.05) is 48.5 Å². The lowest BCUT2D eigenvalue weighted by Gasteiger charge is -2.19. The van der Waals surface area contributed by atoms with Gasteiger partial charge in [-0.05, 0) is 17.7 Å². The molecule has 13 heteroatoms. The van der Waals surface area contributed by atoms with E-state index in [1.807, 2.05) is 30.3 Å². The minimum absolute atomic E-state index is 0.139. The molecule has 194 valence electrons. The summed E-state index contributed by atoms with van der Waals surface area (Å²) in [5.41, 5.74) is -0.577. The molecule has 3 aromatic rings. The minimum Gasteiger partial charge on any atom is -0.450 e. The van der Waals surface area contributed by atoms with Crippen molar-refractivity contribution in [3.63, 3.8) is 0 Å². The van der Waals surface area contributed by atoms with E-state index in [1.165, 1.54) is 12.1 Å². The van der Waals surface area contributed by atoms with Crippen LogP contribution in [-0.2, 0) is 41.4 Å². The van der Waals surface area contributed by atoms with Crippen LogP contribution in [0.25, 0.3) is 0 Å². The SMILES string of the molecule is O=POCO[C@H]1O[C@@H](n2ccc(=O)n(COCc3ccccc3)c2=O)C(F)[C@H]1OC(=O)c1ccccc1. The number of esters is 1. The Bertz CT molecular complexity index is 1320. The zero-order chi connectivity index (χ0) is 26.2. The Morgan fingerprint density at radius 2 is 1.73 bits per heavy atom. The fraction of sp³-hybridized carbons (Fsp3) is 0.292. The van der Waals surface area contributed by atoms with Crippen LogP contribution in [0.1, 0.15) is 22.1 Å². The van der Waals surface area contributed by atoms with E-state index in [9.17, 15) is 18.9 Å². The second kappa shape index (κ2) is 12.6. The molecule has 11 nitrogen and oxygen atoms in total. The van der Waals surface area contributed by atoms with Gasteiger partial charge in [-0.25, -0.2) is 23.1 Å². The summed E-state index contributed by atoms with van der Waals surface area (Å²) in [4.78, 5) is 37.9. The Morgan fingerprint density at radius 1 is 1.03 bits per heavy atom. The number of hydrogen-bond donors (Lipinski definition) is 0. The van der Waals surface area contributed by atoms with Gasteiger partial charge < -0.3 is 18.9 Å². The normalized spacial score (nSPS) is 21.2. The van der Waals surface area contributed by atoms with Gasteiger partial charge in [0.25, 0.3) is 5.56 Å². The number of carbonyl (C=O) groups excluding carboxylic acids is 1. The van der Waals surface area contributed by atoms with E-state index in [2.05, 4.69) is 4.52 Å². The van der Waals surface area contributed by atoms with Gasteiger partial charge in [-0.15, -0.1) is 0 Å². The summed E-state index contributed by atoms with van der Waals surface area (Å²) >= 11 is 0. The van der Waals surface area contributed by atoms with E-state index < -0.39 is 57.5 Å². The van der Waals surface area contributed by atoms with E-state index in [-0.39, 0.29) is 18.9 Å². The number of alkyl halides is 1. The van der Waals surface area contributed by atoms with Crippen molar-refractivity contribution in [3.8, 4) is 0 Å². The average molecular weight is 532 g/mol. The number of hydrogen-bond acceptors (Lipinski definition) is 9. The van der Waals surface area contributed by atoms with Gasteiger partial charge in [-0.3, -0.25) is 13.9 Å². The number of benzene rings is 2. The van der Waals surface area contributed by atoms with Crippen molar-refractivity contribution in [2.75, 3.05) is 6.79 Å². The molecular weight excluding hydrogens is 510 g/mol. The molecule has 2 aromatic carbocycles. The number of ether oxygens (including phenoxy) is 4. The molecule has 1 saturated heterocycles. The number of halogens is 1. The van der Waals surface area contributed by atoms with E-state index >= 15 is 4.39 Å². The van der Waals surface area contributed by atoms with E-state index in [0.29, 0.717) is 0 Å². The Morgan fingerprint density at radius 3 is 2.43 bits per heavy atom. The monoisotopic (exact) mass is 532 g/mol. The first kappa shape index (κ1) is 26.5. The molecule has 1 fully saturated rings. The molecule has 0 amide bonds. The first-order chi connectivity index (χ1) is 18.0. The maximum absolute atomic E-state index is 15.6. The van der Waals surface area contributed by atoms with Gasteiger partial charge in [-0.2, -0.15) is 0 Å². The van der Waals surface area contributed by atoms with Crippen LogP contribution in [0.2, 0.25) is 0 Å². The number of aromatic nitrogens is 2. The molecule has 4 rings (SSSR count). The maximum Gasteiger partial charge on any atom is 0.338 e. The second-order valence-electron chi connectivity index (χ2n) is 7.80. The van der Waals surface area contributed by atoms with Crippen molar-refractivity contribution in [1.29, 1.82) is 0 Å². The van der Waals surface area contributed by atoms with Crippen LogP contribution in [0, 0.1) is 0 Å². The molecule has 0 aliphatic carbocycles. The molecule has 1 unspecified atom stereocenters. The molecule has 0 radical (unpaired) electrons. The summed E-state index contributed by atoms with van der Waals surface area (Å²) < 4.78 is 54.0. The fourth-order valence-corrected chi connectivity index (χ4v) is 3.74. The molecule has 37 heavy (non-hydrogen) atoms. The summed E-state index contributed by atoms with van der Waals surface area (Å²) in [6, 6.07) is 18.0. The largest absolute Gasteiger partial charge is 0.450 e. The molecule has 1 aromatic heterocycles. The number of nitrogens with zero attached hydrogens (tertiary/aromatic N) is 2. The lowest BCUT2D eigenvalue weighted by atomic mass is 10.2. The zero-order valence-electron chi connectivity index (χ0n) is 19.3. The highest BCUT2D eigenvalue weighted by Gasteiger charge is 2.50. The predicted octanol–water partition coefficient (Wildman–Crippen LogP) is 2.80. The third kappa shape index (κ3) is 6.43. The molecule has 4 atom stereocenters. The topological polar surface area (TPSA) is 124 Å². The molecule has 0 saturated carbocycles. The van der Waals surface area contributed by atoms with E-state index in [1.54, 1.807) is 18.2 Å². The maximum atomic E-state index is 15.6. The molecular formula is C24H22FN2O9P. The second-order valence-corrected chi connectivity index (χ2v) is 8.21. The highest BCUT2D eigenvalue weighted by molar-refractivity contribution is 7.17. The first-order valence-corrected chi connectivity index (χ1v) is 11.8. The fourth-order valence-electron chi connectivity index (χ4n) is 3.63. The van der Waals surface area contributed by atoms with Gasteiger partial charge >= 0.3 is 20.3 Å². The van der Waals surface area contributed by atoms with Crippen LogP contribution in [0.3, 0.4) is 0 Å². The van der Waals surface area contributed by atoms with Crippen molar-refractivity contribution in [1.82, 2.24) is 9.13 Å². The van der Waals surface area contributed by atoms with Crippen LogP contribution in [0.5, 0.6) is 0 Å². The average Bonchev–Trinajstić information content (AvgIpc) is 3.22. The van der Waals surface area contributed by atoms with E-state index in [4.69, 9.17) is 18.9 Å². The first-order valence-electron chi connectivity index (χ1n) is 11.0. The van der Waals surface area contributed by atoms with Crippen molar-refractivity contribution in [2.24, 2.45) is 0 Å². The van der Waals surface area contributed by atoms with Gasteiger partial charge in [0.1, 0.15) is 6.73 Å². The molecule has 1 aliphatic rings. The quantitative estimate of drug-likeness (QED) is 0.159. The van der Waals surface area contributed by atoms with Crippen molar-refractivity contribution in [3.05, 3.63) is 105 Å². The summed E-state index contributed by atoms with van der Waals surface area (Å²) in [5, 5.41) is 0. The standard InChI is InChI=1S/C24H22FN2O9P/c25-19-20(35-22(29)17-9-5-2-6-10-17)23(33-15-34-37-31)36-21(19)26-12-11-18(28)27(24(26)30)14-32-13-16-7-3-1-4-8-16/h1-12,19-21,23H,13-15H2/t19?,20-,21-,23+/m1/s1. The van der Waals surface area contributed by atoms with Crippen molar-refractivity contribution in [2.45, 2.75) is 38.1 Å². The van der Waals surface area contributed by atoms with Gasteiger partial charge in [0, 0.05) is 12.3 Å². The smallest absolute Gasteiger partial charge is 0.338 e. The Labute approximate surface area is 211 Å². The number of carbonyl (C=O) groups is 1. The Kier molecular flexibility index (Phi) is 9.04. The van der Waals surface area contributed by atoms with Crippen LogP contribution < -0.4 is 11.2 Å². The lowest BCUT2D eigenvalue weighted by molar-refractivity contribution is -0.201.